The van der Waals surface area contributed by atoms with Crippen LogP contribution in [0.4, 0.5) is 11.4 Å². The summed E-state index contributed by atoms with van der Waals surface area (Å²) in [6.45, 7) is 2.16. The SMILES string of the molecule is c1cc2c(cc1SSc1ccc3c(c1)CCN3)CCN2. The Morgan fingerprint density at radius 1 is 0.700 bits per heavy atom. The Hall–Kier alpha value is -1.26. The molecule has 0 unspecified atom stereocenters. The monoisotopic (exact) mass is 300 g/mol. The fourth-order valence-corrected chi connectivity index (χ4v) is 4.78. The van der Waals surface area contributed by atoms with Crippen molar-refractivity contribution in [2.75, 3.05) is 23.7 Å². The summed E-state index contributed by atoms with van der Waals surface area (Å²) in [5.41, 5.74) is 5.52. The topological polar surface area (TPSA) is 24.1 Å². The first-order chi connectivity index (χ1) is 9.88. The van der Waals surface area contributed by atoms with Gasteiger partial charge in [-0.1, -0.05) is 21.6 Å². The Balaban J connectivity index is 1.47. The molecule has 0 radical (unpaired) electrons. The lowest BCUT2D eigenvalue weighted by atomic mass is 10.2. The number of benzene rings is 2. The standard InChI is InChI=1S/C16H16N2S2/c1-3-15-11(5-7-17-15)9-13(1)19-20-14-2-4-16-12(10-14)6-8-18-16/h1-4,9-10,17-18H,5-8H2. The zero-order valence-corrected chi connectivity index (χ0v) is 12.7. The van der Waals surface area contributed by atoms with Gasteiger partial charge in [-0.15, -0.1) is 0 Å². The Morgan fingerprint density at radius 2 is 1.20 bits per heavy atom. The molecule has 0 aromatic heterocycles. The van der Waals surface area contributed by atoms with E-state index in [4.69, 9.17) is 0 Å². The van der Waals surface area contributed by atoms with Crippen LogP contribution in [0.1, 0.15) is 11.1 Å². The summed E-state index contributed by atoms with van der Waals surface area (Å²) in [5.74, 6) is 0. The fraction of sp³-hybridized carbons (Fsp3) is 0.250. The van der Waals surface area contributed by atoms with Crippen LogP contribution in [0.3, 0.4) is 0 Å². The molecular weight excluding hydrogens is 284 g/mol. The molecule has 0 fully saturated rings. The van der Waals surface area contributed by atoms with Gasteiger partial charge in [0.25, 0.3) is 0 Å². The van der Waals surface area contributed by atoms with Crippen molar-refractivity contribution in [3.8, 4) is 0 Å². The zero-order valence-electron chi connectivity index (χ0n) is 11.1. The van der Waals surface area contributed by atoms with Gasteiger partial charge in [0, 0.05) is 34.3 Å². The average Bonchev–Trinajstić information content (AvgIpc) is 3.12. The fourth-order valence-electron chi connectivity index (χ4n) is 2.76. The number of hydrogen-bond donors (Lipinski definition) is 2. The molecule has 0 amide bonds. The molecule has 4 rings (SSSR count). The Bertz CT molecular complexity index is 597. The summed E-state index contributed by atoms with van der Waals surface area (Å²) in [7, 11) is 3.71. The Morgan fingerprint density at radius 3 is 1.70 bits per heavy atom. The van der Waals surface area contributed by atoms with E-state index in [0.29, 0.717) is 0 Å². The molecule has 0 saturated heterocycles. The molecule has 102 valence electrons. The minimum atomic E-state index is 1.08. The van der Waals surface area contributed by atoms with Crippen LogP contribution in [-0.4, -0.2) is 13.1 Å². The number of nitrogens with one attached hydrogen (secondary N) is 2. The van der Waals surface area contributed by atoms with Gasteiger partial charge in [0.2, 0.25) is 0 Å². The van der Waals surface area contributed by atoms with Crippen LogP contribution in [0.25, 0.3) is 0 Å². The molecule has 0 aliphatic carbocycles. The molecule has 0 saturated carbocycles. The molecule has 0 atom stereocenters. The van der Waals surface area contributed by atoms with E-state index in [0.717, 1.165) is 25.9 Å². The van der Waals surface area contributed by atoms with Gasteiger partial charge in [0.1, 0.15) is 0 Å². The highest BCUT2D eigenvalue weighted by Crippen LogP contribution is 2.40. The van der Waals surface area contributed by atoms with Crippen molar-refractivity contribution in [2.24, 2.45) is 0 Å². The van der Waals surface area contributed by atoms with Crippen LogP contribution in [-0.2, 0) is 12.8 Å². The molecule has 0 bridgehead atoms. The second-order valence-electron chi connectivity index (χ2n) is 5.16. The van der Waals surface area contributed by atoms with E-state index in [2.05, 4.69) is 47.0 Å². The van der Waals surface area contributed by atoms with E-state index in [1.54, 1.807) is 0 Å². The van der Waals surface area contributed by atoms with Crippen LogP contribution in [0, 0.1) is 0 Å². The van der Waals surface area contributed by atoms with Crippen LogP contribution < -0.4 is 10.6 Å². The van der Waals surface area contributed by atoms with Gasteiger partial charge in [-0.05, 0) is 60.4 Å². The summed E-state index contributed by atoms with van der Waals surface area (Å²) in [6, 6.07) is 13.5. The summed E-state index contributed by atoms with van der Waals surface area (Å²) >= 11 is 0. The molecule has 2 aromatic carbocycles. The number of fused-ring (bicyclic) bond motifs is 2. The van der Waals surface area contributed by atoms with Crippen molar-refractivity contribution in [2.45, 2.75) is 22.6 Å². The van der Waals surface area contributed by atoms with Gasteiger partial charge in [-0.25, -0.2) is 0 Å². The summed E-state index contributed by atoms with van der Waals surface area (Å²) in [5, 5.41) is 6.81. The lowest BCUT2D eigenvalue weighted by molar-refractivity contribution is 1.10. The third-order valence-electron chi connectivity index (χ3n) is 3.81. The quantitative estimate of drug-likeness (QED) is 0.819. The highest BCUT2D eigenvalue weighted by Gasteiger charge is 2.12. The van der Waals surface area contributed by atoms with Gasteiger partial charge >= 0.3 is 0 Å². The van der Waals surface area contributed by atoms with Crippen LogP contribution in [0.2, 0.25) is 0 Å². The molecule has 20 heavy (non-hydrogen) atoms. The van der Waals surface area contributed by atoms with Crippen molar-refractivity contribution in [3.63, 3.8) is 0 Å². The largest absolute Gasteiger partial charge is 0.384 e. The lowest BCUT2D eigenvalue weighted by Gasteiger charge is -2.06. The summed E-state index contributed by atoms with van der Waals surface area (Å²) in [6.07, 6.45) is 2.30. The third kappa shape index (κ3) is 2.38. The average molecular weight is 300 g/mol. The third-order valence-corrected chi connectivity index (χ3v) is 6.19. The van der Waals surface area contributed by atoms with Crippen molar-refractivity contribution in [1.29, 1.82) is 0 Å². The maximum Gasteiger partial charge on any atom is 0.0374 e. The summed E-state index contributed by atoms with van der Waals surface area (Å²) in [4.78, 5) is 2.69. The molecule has 2 aromatic rings. The predicted molar refractivity (Wildman–Crippen MR) is 89.0 cm³/mol. The van der Waals surface area contributed by atoms with E-state index in [1.807, 2.05) is 21.6 Å². The first-order valence-electron chi connectivity index (χ1n) is 6.97. The molecule has 2 heterocycles. The van der Waals surface area contributed by atoms with E-state index < -0.39 is 0 Å². The van der Waals surface area contributed by atoms with Gasteiger partial charge in [0.05, 0.1) is 0 Å². The van der Waals surface area contributed by atoms with Crippen molar-refractivity contribution >= 4 is 33.0 Å². The van der Waals surface area contributed by atoms with Crippen LogP contribution >= 0.6 is 21.6 Å². The number of anilines is 2. The zero-order chi connectivity index (χ0) is 13.4. The van der Waals surface area contributed by atoms with Crippen LogP contribution in [0.15, 0.2) is 46.2 Å². The molecule has 0 spiro atoms. The molecule has 2 aliphatic heterocycles. The Kier molecular flexibility index (Phi) is 3.28. The molecule has 2 aliphatic rings. The minimum Gasteiger partial charge on any atom is -0.384 e. The first kappa shape index (κ1) is 12.5. The van der Waals surface area contributed by atoms with Gasteiger partial charge in [-0.3, -0.25) is 0 Å². The first-order valence-corrected chi connectivity index (χ1v) is 9.12. The van der Waals surface area contributed by atoms with Crippen molar-refractivity contribution in [1.82, 2.24) is 0 Å². The molecular formula is C16H16N2S2. The van der Waals surface area contributed by atoms with E-state index in [-0.39, 0.29) is 0 Å². The van der Waals surface area contributed by atoms with Gasteiger partial charge < -0.3 is 10.6 Å². The number of rotatable bonds is 3. The second kappa shape index (κ2) is 5.26. The predicted octanol–water partition coefficient (Wildman–Crippen LogP) is 4.42. The highest BCUT2D eigenvalue weighted by atomic mass is 33.1. The van der Waals surface area contributed by atoms with E-state index >= 15 is 0 Å². The maximum atomic E-state index is 3.41. The normalized spacial score (nSPS) is 15.4. The van der Waals surface area contributed by atoms with Crippen molar-refractivity contribution in [3.05, 3.63) is 47.5 Å². The molecule has 2 N–H and O–H groups in total. The number of hydrogen-bond acceptors (Lipinski definition) is 4. The van der Waals surface area contributed by atoms with Gasteiger partial charge in [-0.2, -0.15) is 0 Å². The minimum absolute atomic E-state index is 1.08. The lowest BCUT2D eigenvalue weighted by Crippen LogP contribution is -1.90. The summed E-state index contributed by atoms with van der Waals surface area (Å²) < 4.78 is 0. The van der Waals surface area contributed by atoms with Crippen LogP contribution in [0.5, 0.6) is 0 Å². The maximum absolute atomic E-state index is 3.41. The van der Waals surface area contributed by atoms with Gasteiger partial charge in [0.15, 0.2) is 0 Å². The molecule has 4 heteroatoms. The smallest absolute Gasteiger partial charge is 0.0374 e. The van der Waals surface area contributed by atoms with E-state index in [9.17, 15) is 0 Å². The van der Waals surface area contributed by atoms with Crippen molar-refractivity contribution < 1.29 is 0 Å². The molecule has 2 nitrogen and oxygen atoms in total. The highest BCUT2D eigenvalue weighted by molar-refractivity contribution is 8.76. The second-order valence-corrected chi connectivity index (χ2v) is 7.43. The Labute approximate surface area is 127 Å². The van der Waals surface area contributed by atoms with E-state index in [1.165, 1.54) is 32.3 Å².